The van der Waals surface area contributed by atoms with E-state index in [1.54, 1.807) is 18.2 Å². The minimum absolute atomic E-state index is 0.00755. The topological polar surface area (TPSA) is 138 Å². The summed E-state index contributed by atoms with van der Waals surface area (Å²) in [5, 5.41) is 0. The number of aliphatic imine (C=N–C) groups is 1. The quantitative estimate of drug-likeness (QED) is 0.451. The molecule has 0 atom stereocenters. The zero-order valence-electron chi connectivity index (χ0n) is 12.9. The summed E-state index contributed by atoms with van der Waals surface area (Å²) in [5.74, 6) is -0.653. The molecule has 0 bridgehead atoms. The van der Waals surface area contributed by atoms with Crippen LogP contribution >= 0.6 is 0 Å². The third kappa shape index (κ3) is 5.43. The number of guanidine groups is 1. The van der Waals surface area contributed by atoms with Crippen molar-refractivity contribution in [3.8, 4) is 0 Å². The highest BCUT2D eigenvalue weighted by molar-refractivity contribution is 7.86. The molecule has 0 saturated carbocycles. The zero-order chi connectivity index (χ0) is 17.7. The zero-order valence-corrected chi connectivity index (χ0v) is 13.7. The number of hydrogen-bond donors (Lipinski definition) is 2. The van der Waals surface area contributed by atoms with Gasteiger partial charge < -0.3 is 20.1 Å². The molecule has 0 aliphatic rings. The van der Waals surface area contributed by atoms with Crippen molar-refractivity contribution in [1.29, 1.82) is 0 Å². The maximum atomic E-state index is 11.5. The van der Waals surface area contributed by atoms with Crippen LogP contribution in [0.25, 0.3) is 0 Å². The number of nitrogens with zero attached hydrogens (tertiary/aromatic N) is 1. The average Bonchev–Trinajstić information content (AvgIpc) is 2.93. The molecule has 1 aromatic carbocycles. The molecule has 0 saturated heterocycles. The van der Waals surface area contributed by atoms with Crippen LogP contribution in [-0.4, -0.2) is 26.6 Å². The summed E-state index contributed by atoms with van der Waals surface area (Å²) in [6.07, 6.45) is 1.99. The lowest BCUT2D eigenvalue weighted by Crippen LogP contribution is -2.21. The first-order valence-electron chi connectivity index (χ1n) is 6.94. The van der Waals surface area contributed by atoms with Crippen LogP contribution < -0.4 is 11.5 Å². The van der Waals surface area contributed by atoms with E-state index in [-0.39, 0.29) is 11.7 Å². The highest BCUT2D eigenvalue weighted by Gasteiger charge is 2.17. The van der Waals surface area contributed by atoms with Gasteiger partial charge in [0.25, 0.3) is 0 Å². The summed E-state index contributed by atoms with van der Waals surface area (Å²) in [7, 11) is -3.87. The van der Waals surface area contributed by atoms with Crippen molar-refractivity contribution in [3.05, 3.63) is 53.5 Å². The molecule has 8 nitrogen and oxygen atoms in total. The molecule has 0 fully saturated rings. The van der Waals surface area contributed by atoms with Crippen molar-refractivity contribution in [3.63, 3.8) is 0 Å². The lowest BCUT2D eigenvalue weighted by molar-refractivity contribution is 0.0713. The van der Waals surface area contributed by atoms with Crippen molar-refractivity contribution < 1.29 is 21.8 Å². The third-order valence-corrected chi connectivity index (χ3v) is 3.40. The Morgan fingerprint density at radius 1 is 1.12 bits per heavy atom. The van der Waals surface area contributed by atoms with Gasteiger partial charge in [0, 0.05) is 6.42 Å². The summed E-state index contributed by atoms with van der Waals surface area (Å²) in [4.78, 5) is 15.5. The Morgan fingerprint density at radius 3 is 2.38 bits per heavy atom. The minimum Gasteiger partial charge on any atom is -0.454 e. The van der Waals surface area contributed by atoms with E-state index in [9.17, 15) is 13.2 Å². The Morgan fingerprint density at radius 2 is 1.79 bits per heavy atom. The fourth-order valence-corrected chi connectivity index (χ4v) is 2.31. The van der Waals surface area contributed by atoms with Crippen LogP contribution in [-0.2, 0) is 27.1 Å². The molecule has 128 valence electrons. The maximum absolute atomic E-state index is 11.5. The largest absolute Gasteiger partial charge is 0.454 e. The van der Waals surface area contributed by atoms with Gasteiger partial charge in [-0.3, -0.25) is 0 Å². The molecular weight excluding hydrogens is 334 g/mol. The molecule has 4 N–H and O–H groups in total. The molecule has 2 aromatic rings. The van der Waals surface area contributed by atoms with Gasteiger partial charge in [0.05, 0.1) is 11.9 Å². The van der Waals surface area contributed by atoms with Gasteiger partial charge in [-0.1, -0.05) is 12.1 Å². The van der Waals surface area contributed by atoms with Gasteiger partial charge in [-0.25, -0.2) is 9.79 Å². The predicted molar refractivity (Wildman–Crippen MR) is 88.3 cm³/mol. The molecule has 0 unspecified atom stereocenters. The SMILES string of the molecule is CS(=O)(=O)OC(=O)c1ccc(CCc2ccc(N=C(N)N)cc2)o1. The Balaban J connectivity index is 1.96. The normalized spacial score (nSPS) is 11.0. The van der Waals surface area contributed by atoms with Gasteiger partial charge in [-0.15, -0.1) is 0 Å². The number of rotatable bonds is 6. The van der Waals surface area contributed by atoms with E-state index in [2.05, 4.69) is 9.18 Å². The van der Waals surface area contributed by atoms with Gasteiger partial charge >= 0.3 is 16.1 Å². The monoisotopic (exact) mass is 351 g/mol. The molecule has 0 aliphatic heterocycles. The van der Waals surface area contributed by atoms with E-state index >= 15 is 0 Å². The molecule has 1 heterocycles. The van der Waals surface area contributed by atoms with E-state index in [0.717, 1.165) is 11.8 Å². The molecule has 2 rings (SSSR count). The molecule has 24 heavy (non-hydrogen) atoms. The lowest BCUT2D eigenvalue weighted by atomic mass is 10.1. The van der Waals surface area contributed by atoms with Crippen LogP contribution in [0, 0.1) is 0 Å². The smallest absolute Gasteiger partial charge is 0.389 e. The van der Waals surface area contributed by atoms with Crippen LogP contribution in [0.4, 0.5) is 5.69 Å². The molecule has 0 spiro atoms. The van der Waals surface area contributed by atoms with E-state index in [0.29, 0.717) is 24.3 Å². The van der Waals surface area contributed by atoms with Crippen LogP contribution in [0.2, 0.25) is 0 Å². The van der Waals surface area contributed by atoms with Gasteiger partial charge in [0.15, 0.2) is 5.96 Å². The molecule has 0 amide bonds. The van der Waals surface area contributed by atoms with Crippen molar-refractivity contribution >= 4 is 27.7 Å². The number of carbonyl (C=O) groups excluding carboxylic acids is 1. The average molecular weight is 351 g/mol. The van der Waals surface area contributed by atoms with Crippen LogP contribution in [0.1, 0.15) is 21.9 Å². The fraction of sp³-hybridized carbons (Fsp3) is 0.200. The van der Waals surface area contributed by atoms with Crippen molar-refractivity contribution in [1.82, 2.24) is 0 Å². The highest BCUT2D eigenvalue weighted by Crippen LogP contribution is 2.16. The van der Waals surface area contributed by atoms with Gasteiger partial charge in [0.1, 0.15) is 5.76 Å². The van der Waals surface area contributed by atoms with Crippen LogP contribution in [0.5, 0.6) is 0 Å². The number of furan rings is 1. The first kappa shape index (κ1) is 17.5. The molecule has 9 heteroatoms. The Hall–Kier alpha value is -2.81. The van der Waals surface area contributed by atoms with E-state index in [4.69, 9.17) is 15.9 Å². The number of benzene rings is 1. The lowest BCUT2D eigenvalue weighted by Gasteiger charge is -2.01. The van der Waals surface area contributed by atoms with E-state index in [1.807, 2.05) is 12.1 Å². The van der Waals surface area contributed by atoms with Gasteiger partial charge in [0.2, 0.25) is 5.76 Å². The number of aryl methyl sites for hydroxylation is 2. The Kier molecular flexibility index (Phi) is 5.24. The van der Waals surface area contributed by atoms with Gasteiger partial charge in [-0.2, -0.15) is 8.42 Å². The van der Waals surface area contributed by atoms with Crippen LogP contribution in [0.15, 0.2) is 45.8 Å². The van der Waals surface area contributed by atoms with Crippen molar-refractivity contribution in [2.45, 2.75) is 12.8 Å². The van der Waals surface area contributed by atoms with Gasteiger partial charge in [-0.05, 0) is 36.2 Å². The number of nitrogens with two attached hydrogens (primary N) is 2. The summed E-state index contributed by atoms with van der Waals surface area (Å²) in [6, 6.07) is 10.3. The van der Waals surface area contributed by atoms with Crippen molar-refractivity contribution in [2.75, 3.05) is 6.26 Å². The van der Waals surface area contributed by atoms with Crippen molar-refractivity contribution in [2.24, 2.45) is 16.5 Å². The molecule has 0 radical (unpaired) electrons. The van der Waals surface area contributed by atoms with E-state index in [1.165, 1.54) is 6.07 Å². The second-order valence-corrected chi connectivity index (χ2v) is 6.62. The number of carbonyl (C=O) groups is 1. The summed E-state index contributed by atoms with van der Waals surface area (Å²) < 4.78 is 31.4. The Bertz CT molecular complexity index is 849. The fourth-order valence-electron chi connectivity index (χ4n) is 1.95. The Labute approximate surface area is 139 Å². The predicted octanol–water partition coefficient (Wildman–Crippen LogP) is 1.09. The molecule has 0 aliphatic carbocycles. The minimum atomic E-state index is -3.87. The molecular formula is C15H17N3O5S. The second-order valence-electron chi connectivity index (χ2n) is 5.04. The molecule has 1 aromatic heterocycles. The number of hydrogen-bond acceptors (Lipinski definition) is 6. The first-order valence-corrected chi connectivity index (χ1v) is 8.75. The standard InChI is InChI=1S/C15H17N3O5S/c1-24(20,21)23-14(19)13-9-8-12(22-13)7-4-10-2-5-11(6-3-10)18-15(16)17/h2-3,5-6,8-9H,4,7H2,1H3,(H4,16,17,18). The highest BCUT2D eigenvalue weighted by atomic mass is 32.2. The summed E-state index contributed by atoms with van der Waals surface area (Å²) in [5.41, 5.74) is 12.3. The first-order chi connectivity index (χ1) is 11.2. The maximum Gasteiger partial charge on any atom is 0.389 e. The van der Waals surface area contributed by atoms with E-state index < -0.39 is 16.1 Å². The summed E-state index contributed by atoms with van der Waals surface area (Å²) >= 11 is 0. The second kappa shape index (κ2) is 7.18. The van der Waals surface area contributed by atoms with Crippen LogP contribution in [0.3, 0.4) is 0 Å². The summed E-state index contributed by atoms with van der Waals surface area (Å²) in [6.45, 7) is 0. The third-order valence-electron chi connectivity index (χ3n) is 2.94.